The highest BCUT2D eigenvalue weighted by Crippen LogP contribution is 2.45. The minimum atomic E-state index is 0.544. The SMILES string of the molecule is CCN(CC)CCO/N=C1/C(=C2/C(=S)N(C)c3c(Br)cccc32)Nc2ccccc21. The Bertz CT molecular complexity index is 1050. The van der Waals surface area contributed by atoms with Gasteiger partial charge in [0.25, 0.3) is 0 Å². The highest BCUT2D eigenvalue weighted by atomic mass is 79.9. The van der Waals surface area contributed by atoms with Gasteiger partial charge in [0.15, 0.2) is 0 Å². The van der Waals surface area contributed by atoms with Crippen molar-refractivity contribution >= 4 is 55.8 Å². The first-order chi connectivity index (χ1) is 14.6. The molecule has 2 aliphatic heterocycles. The van der Waals surface area contributed by atoms with Crippen LogP contribution in [0, 0.1) is 0 Å². The van der Waals surface area contributed by atoms with E-state index in [0.29, 0.717) is 6.61 Å². The van der Waals surface area contributed by atoms with Crippen LogP contribution in [0.1, 0.15) is 25.0 Å². The van der Waals surface area contributed by atoms with Crippen molar-refractivity contribution in [3.8, 4) is 0 Å². The van der Waals surface area contributed by atoms with Crippen LogP contribution in [0.4, 0.5) is 11.4 Å². The van der Waals surface area contributed by atoms with Crippen LogP contribution in [0.2, 0.25) is 0 Å². The number of allylic oxidation sites excluding steroid dienone is 1. The first kappa shape index (κ1) is 21.0. The van der Waals surface area contributed by atoms with Crippen molar-refractivity contribution in [2.24, 2.45) is 5.16 Å². The van der Waals surface area contributed by atoms with Crippen LogP contribution in [0.3, 0.4) is 0 Å². The van der Waals surface area contributed by atoms with Crippen molar-refractivity contribution in [2.75, 3.05) is 43.5 Å². The van der Waals surface area contributed by atoms with Crippen molar-refractivity contribution in [3.63, 3.8) is 0 Å². The lowest BCUT2D eigenvalue weighted by molar-refractivity contribution is 0.114. The molecule has 0 radical (unpaired) electrons. The predicted molar refractivity (Wildman–Crippen MR) is 132 cm³/mol. The second kappa shape index (κ2) is 8.88. The molecule has 2 aromatic rings. The van der Waals surface area contributed by atoms with E-state index in [0.717, 1.165) is 68.6 Å². The number of nitrogens with one attached hydrogen (secondary N) is 1. The molecular formula is C23H25BrN4OS. The van der Waals surface area contributed by atoms with Crippen LogP contribution in [0.15, 0.2) is 57.8 Å². The predicted octanol–water partition coefficient (Wildman–Crippen LogP) is 5.13. The number of thiocarbonyl (C=S) groups is 1. The second-order valence-electron chi connectivity index (χ2n) is 7.22. The molecule has 0 saturated heterocycles. The van der Waals surface area contributed by atoms with Gasteiger partial charge in [0, 0.05) is 40.5 Å². The van der Waals surface area contributed by atoms with Gasteiger partial charge in [-0.3, -0.25) is 0 Å². The largest absolute Gasteiger partial charge is 0.394 e. The number of likely N-dealkylation sites (N-methyl/N-ethyl adjacent to an activating group) is 2. The molecule has 0 aromatic heterocycles. The standard InChI is InChI=1S/C23H25BrN4OS/c1-4-28(5-2)13-14-29-26-20-15-9-6-7-12-18(15)25-21(20)19-16-10-8-11-17(24)22(16)27(3)23(19)30/h6-12,25H,4-5,13-14H2,1-3H3/b21-19-,26-20+. The number of hydrogen-bond donors (Lipinski definition) is 1. The lowest BCUT2D eigenvalue weighted by Crippen LogP contribution is -2.26. The number of nitrogens with zero attached hydrogens (tertiary/aromatic N) is 3. The van der Waals surface area contributed by atoms with Crippen LogP contribution in [0.25, 0.3) is 5.57 Å². The quantitative estimate of drug-likeness (QED) is 0.266. The Labute approximate surface area is 191 Å². The zero-order valence-electron chi connectivity index (χ0n) is 17.4. The summed E-state index contributed by atoms with van der Waals surface area (Å²) in [7, 11) is 2.00. The summed E-state index contributed by atoms with van der Waals surface area (Å²) in [6, 6.07) is 14.3. The molecule has 0 bridgehead atoms. The van der Waals surface area contributed by atoms with Gasteiger partial charge in [0.1, 0.15) is 17.3 Å². The van der Waals surface area contributed by atoms with Crippen molar-refractivity contribution in [1.29, 1.82) is 0 Å². The Kier molecular flexibility index (Phi) is 6.22. The molecule has 2 heterocycles. The summed E-state index contributed by atoms with van der Waals surface area (Å²) in [4.78, 5) is 10.9. The molecule has 0 saturated carbocycles. The molecular weight excluding hydrogens is 460 g/mol. The summed E-state index contributed by atoms with van der Waals surface area (Å²) in [5, 5.41) is 8.10. The molecule has 30 heavy (non-hydrogen) atoms. The zero-order valence-corrected chi connectivity index (χ0v) is 19.8. The highest BCUT2D eigenvalue weighted by Gasteiger charge is 2.35. The van der Waals surface area contributed by atoms with E-state index >= 15 is 0 Å². The number of hydrogen-bond acceptors (Lipinski definition) is 5. The van der Waals surface area contributed by atoms with Gasteiger partial charge in [-0.15, -0.1) is 0 Å². The lowest BCUT2D eigenvalue weighted by atomic mass is 10.0. The van der Waals surface area contributed by atoms with Crippen LogP contribution in [-0.4, -0.2) is 48.9 Å². The third-order valence-electron chi connectivity index (χ3n) is 5.59. The maximum absolute atomic E-state index is 5.83. The maximum atomic E-state index is 5.83. The number of oxime groups is 1. The van der Waals surface area contributed by atoms with Crippen molar-refractivity contribution in [1.82, 2.24) is 4.90 Å². The molecule has 2 aromatic carbocycles. The van der Waals surface area contributed by atoms with E-state index in [-0.39, 0.29) is 0 Å². The van der Waals surface area contributed by atoms with Crippen LogP contribution in [0.5, 0.6) is 0 Å². The molecule has 0 spiro atoms. The Morgan fingerprint density at radius 3 is 2.60 bits per heavy atom. The van der Waals surface area contributed by atoms with Crippen LogP contribution in [-0.2, 0) is 4.84 Å². The zero-order chi connectivity index (χ0) is 21.3. The number of para-hydroxylation sites is 2. The van der Waals surface area contributed by atoms with Gasteiger partial charge in [0.2, 0.25) is 0 Å². The molecule has 0 aliphatic carbocycles. The molecule has 1 N–H and O–H groups in total. The molecule has 0 amide bonds. The fraction of sp³-hybridized carbons (Fsp3) is 0.304. The Morgan fingerprint density at radius 1 is 1.10 bits per heavy atom. The van der Waals surface area contributed by atoms with Gasteiger partial charge < -0.3 is 20.0 Å². The van der Waals surface area contributed by atoms with E-state index < -0.39 is 0 Å². The number of fused-ring (bicyclic) bond motifs is 2. The minimum Gasteiger partial charge on any atom is -0.394 e. The van der Waals surface area contributed by atoms with Gasteiger partial charge >= 0.3 is 0 Å². The number of benzene rings is 2. The molecule has 0 unspecified atom stereocenters. The number of halogens is 1. The van der Waals surface area contributed by atoms with E-state index in [1.807, 2.05) is 36.2 Å². The minimum absolute atomic E-state index is 0.544. The Morgan fingerprint density at radius 2 is 1.83 bits per heavy atom. The fourth-order valence-corrected chi connectivity index (χ4v) is 4.84. The van der Waals surface area contributed by atoms with Gasteiger partial charge in [-0.25, -0.2) is 0 Å². The second-order valence-corrected chi connectivity index (χ2v) is 8.46. The monoisotopic (exact) mass is 484 g/mol. The first-order valence-corrected chi connectivity index (χ1v) is 11.4. The lowest BCUT2D eigenvalue weighted by Gasteiger charge is -2.16. The normalized spacial score (nSPS) is 18.8. The van der Waals surface area contributed by atoms with Gasteiger partial charge in [-0.1, -0.05) is 61.6 Å². The molecule has 7 heteroatoms. The molecule has 4 rings (SSSR count). The van der Waals surface area contributed by atoms with Crippen LogP contribution < -0.4 is 10.2 Å². The van der Waals surface area contributed by atoms with Gasteiger partial charge in [-0.2, -0.15) is 0 Å². The third-order valence-corrected chi connectivity index (χ3v) is 6.71. The van der Waals surface area contributed by atoms with Crippen molar-refractivity contribution in [3.05, 3.63) is 63.8 Å². The Balaban J connectivity index is 1.75. The molecule has 0 fully saturated rings. The average Bonchev–Trinajstić information content (AvgIpc) is 3.23. The highest BCUT2D eigenvalue weighted by molar-refractivity contribution is 9.10. The summed E-state index contributed by atoms with van der Waals surface area (Å²) in [5.74, 6) is 0. The maximum Gasteiger partial charge on any atom is 0.136 e. The Hall–Kier alpha value is -2.22. The fourth-order valence-electron chi connectivity index (χ4n) is 3.91. The number of anilines is 2. The van der Waals surface area contributed by atoms with Gasteiger partial charge in [-0.05, 0) is 41.2 Å². The van der Waals surface area contributed by atoms with E-state index in [4.69, 9.17) is 17.1 Å². The summed E-state index contributed by atoms with van der Waals surface area (Å²) in [5.41, 5.74) is 6.87. The topological polar surface area (TPSA) is 40.1 Å². The van der Waals surface area contributed by atoms with E-state index in [2.05, 4.69) is 63.3 Å². The summed E-state index contributed by atoms with van der Waals surface area (Å²) < 4.78 is 1.02. The summed E-state index contributed by atoms with van der Waals surface area (Å²) in [6.07, 6.45) is 0. The number of rotatable bonds is 6. The smallest absolute Gasteiger partial charge is 0.136 e. The first-order valence-electron chi connectivity index (χ1n) is 10.2. The van der Waals surface area contributed by atoms with E-state index in [1.54, 1.807) is 0 Å². The van der Waals surface area contributed by atoms with Crippen molar-refractivity contribution in [2.45, 2.75) is 13.8 Å². The molecule has 156 valence electrons. The van der Waals surface area contributed by atoms with Crippen LogP contribution >= 0.6 is 28.1 Å². The average molecular weight is 485 g/mol. The summed E-state index contributed by atoms with van der Waals surface area (Å²) in [6.45, 7) is 7.71. The third kappa shape index (κ3) is 3.66. The summed E-state index contributed by atoms with van der Waals surface area (Å²) >= 11 is 9.50. The molecule has 5 nitrogen and oxygen atoms in total. The molecule has 2 aliphatic rings. The molecule has 0 atom stereocenters. The van der Waals surface area contributed by atoms with Crippen molar-refractivity contribution < 1.29 is 4.84 Å². The van der Waals surface area contributed by atoms with Gasteiger partial charge in [0.05, 0.1) is 11.4 Å². The van der Waals surface area contributed by atoms with E-state index in [1.165, 1.54) is 0 Å². The van der Waals surface area contributed by atoms with E-state index in [9.17, 15) is 0 Å².